The van der Waals surface area contributed by atoms with Gasteiger partial charge in [-0.15, -0.1) is 0 Å². The van der Waals surface area contributed by atoms with E-state index in [1.54, 1.807) is 0 Å². The van der Waals surface area contributed by atoms with Crippen molar-refractivity contribution in [2.45, 2.75) is 32.2 Å². The maximum absolute atomic E-state index is 5.93. The summed E-state index contributed by atoms with van der Waals surface area (Å²) in [5.41, 5.74) is 9.29. The summed E-state index contributed by atoms with van der Waals surface area (Å²) in [6.07, 6.45) is 2.76. The van der Waals surface area contributed by atoms with Crippen LogP contribution in [0.3, 0.4) is 0 Å². The number of hydrogen-bond acceptors (Lipinski definition) is 3. The Balaban J connectivity index is 2.00. The van der Waals surface area contributed by atoms with Gasteiger partial charge in [0.05, 0.1) is 5.69 Å². The zero-order valence-corrected chi connectivity index (χ0v) is 9.94. The lowest BCUT2D eigenvalue weighted by atomic mass is 9.98. The van der Waals surface area contributed by atoms with Crippen LogP contribution in [0.15, 0.2) is 28.7 Å². The average Bonchev–Trinajstić information content (AvgIpc) is 2.72. The zero-order valence-electron chi connectivity index (χ0n) is 9.94. The summed E-state index contributed by atoms with van der Waals surface area (Å²) in [6, 6.07) is 8.45. The Morgan fingerprint density at radius 1 is 1.41 bits per heavy atom. The van der Waals surface area contributed by atoms with Gasteiger partial charge in [-0.2, -0.15) is 0 Å². The first-order chi connectivity index (χ1) is 8.22. The second-order valence-electron chi connectivity index (χ2n) is 4.76. The normalized spacial score (nSPS) is 19.1. The third kappa shape index (κ3) is 1.98. The van der Waals surface area contributed by atoms with Crippen molar-refractivity contribution in [3.8, 4) is 11.5 Å². The maximum Gasteiger partial charge on any atom is 0.226 e. The molecule has 2 aromatic rings. The van der Waals surface area contributed by atoms with Gasteiger partial charge in [-0.25, -0.2) is 4.98 Å². The molecule has 1 aromatic heterocycles. The molecule has 3 rings (SSSR count). The molecule has 0 saturated heterocycles. The van der Waals surface area contributed by atoms with E-state index in [2.05, 4.69) is 24.0 Å². The maximum atomic E-state index is 5.93. The topological polar surface area (TPSA) is 52.0 Å². The first kappa shape index (κ1) is 10.5. The van der Waals surface area contributed by atoms with Gasteiger partial charge in [0.25, 0.3) is 0 Å². The first-order valence-corrected chi connectivity index (χ1v) is 6.03. The molecular weight excluding hydrogens is 212 g/mol. The summed E-state index contributed by atoms with van der Waals surface area (Å²) >= 11 is 0. The van der Waals surface area contributed by atoms with Crippen LogP contribution in [0, 0.1) is 6.92 Å². The predicted molar refractivity (Wildman–Crippen MR) is 66.7 cm³/mol. The summed E-state index contributed by atoms with van der Waals surface area (Å²) in [4.78, 5) is 4.57. The number of oxazole rings is 1. The average molecular weight is 228 g/mol. The van der Waals surface area contributed by atoms with E-state index in [9.17, 15) is 0 Å². The minimum Gasteiger partial charge on any atom is -0.441 e. The number of benzene rings is 1. The first-order valence-electron chi connectivity index (χ1n) is 6.03. The highest BCUT2D eigenvalue weighted by atomic mass is 16.4. The molecule has 1 aliphatic rings. The van der Waals surface area contributed by atoms with Crippen molar-refractivity contribution in [2.24, 2.45) is 5.73 Å². The Kier molecular flexibility index (Phi) is 2.48. The van der Waals surface area contributed by atoms with Crippen LogP contribution in [0.25, 0.3) is 11.5 Å². The lowest BCUT2D eigenvalue weighted by molar-refractivity contribution is 0.456. The Hall–Kier alpha value is -1.61. The van der Waals surface area contributed by atoms with Gasteiger partial charge in [0, 0.05) is 18.0 Å². The molecule has 17 heavy (non-hydrogen) atoms. The number of nitrogens with zero attached hydrogens (tertiary/aromatic N) is 1. The molecule has 1 atom stereocenters. The number of rotatable bonds is 1. The summed E-state index contributed by atoms with van der Waals surface area (Å²) in [5, 5.41) is 0. The fourth-order valence-electron chi connectivity index (χ4n) is 2.30. The van der Waals surface area contributed by atoms with Gasteiger partial charge in [-0.3, -0.25) is 0 Å². The molecule has 1 unspecified atom stereocenters. The highest BCUT2D eigenvalue weighted by Crippen LogP contribution is 2.27. The Bertz CT molecular complexity index is 545. The molecule has 0 fully saturated rings. The number of hydrogen-bond donors (Lipinski definition) is 1. The van der Waals surface area contributed by atoms with Gasteiger partial charge in [-0.1, -0.05) is 17.7 Å². The quantitative estimate of drug-likeness (QED) is 0.815. The summed E-state index contributed by atoms with van der Waals surface area (Å²) < 4.78 is 5.83. The van der Waals surface area contributed by atoms with Crippen molar-refractivity contribution in [1.82, 2.24) is 4.98 Å². The fourth-order valence-corrected chi connectivity index (χ4v) is 2.30. The lowest BCUT2D eigenvalue weighted by Gasteiger charge is -2.14. The molecule has 88 valence electrons. The van der Waals surface area contributed by atoms with Gasteiger partial charge in [0.15, 0.2) is 0 Å². The van der Waals surface area contributed by atoms with Crippen LogP contribution < -0.4 is 5.73 Å². The second-order valence-corrected chi connectivity index (χ2v) is 4.76. The van der Waals surface area contributed by atoms with Gasteiger partial charge < -0.3 is 10.2 Å². The Morgan fingerprint density at radius 2 is 2.29 bits per heavy atom. The van der Waals surface area contributed by atoms with E-state index in [0.29, 0.717) is 0 Å². The molecule has 3 nitrogen and oxygen atoms in total. The molecule has 1 aliphatic carbocycles. The van der Waals surface area contributed by atoms with E-state index in [4.69, 9.17) is 10.2 Å². The highest BCUT2D eigenvalue weighted by Gasteiger charge is 2.22. The molecule has 0 bridgehead atoms. The molecule has 0 radical (unpaired) electrons. The number of fused-ring (bicyclic) bond motifs is 1. The zero-order chi connectivity index (χ0) is 11.8. The van der Waals surface area contributed by atoms with Crippen LogP contribution >= 0.6 is 0 Å². The third-order valence-corrected chi connectivity index (χ3v) is 3.24. The smallest absolute Gasteiger partial charge is 0.226 e. The predicted octanol–water partition coefficient (Wildman–Crippen LogP) is 2.47. The standard InChI is InChI=1S/C14H16N2O/c1-9-3-2-4-10(7-9)14-16-12-6-5-11(15)8-13(12)17-14/h2-4,7,11H,5-6,8,15H2,1H3. The molecule has 2 N–H and O–H groups in total. The van der Waals surface area contributed by atoms with Crippen molar-refractivity contribution in [3.63, 3.8) is 0 Å². The number of aromatic nitrogens is 1. The third-order valence-electron chi connectivity index (χ3n) is 3.24. The van der Waals surface area contributed by atoms with Crippen LogP contribution in [0.4, 0.5) is 0 Å². The van der Waals surface area contributed by atoms with Crippen molar-refractivity contribution in [1.29, 1.82) is 0 Å². The second kappa shape index (κ2) is 4.00. The molecule has 3 heteroatoms. The van der Waals surface area contributed by atoms with E-state index in [0.717, 1.165) is 42.2 Å². The van der Waals surface area contributed by atoms with Crippen molar-refractivity contribution < 1.29 is 4.42 Å². The molecule has 1 aromatic carbocycles. The monoisotopic (exact) mass is 228 g/mol. The van der Waals surface area contributed by atoms with E-state index in [1.165, 1.54) is 5.56 Å². The highest BCUT2D eigenvalue weighted by molar-refractivity contribution is 5.55. The van der Waals surface area contributed by atoms with Crippen molar-refractivity contribution in [2.75, 3.05) is 0 Å². The van der Waals surface area contributed by atoms with Crippen LogP contribution in [-0.4, -0.2) is 11.0 Å². The number of aryl methyl sites for hydroxylation is 2. The minimum atomic E-state index is 0.223. The molecule has 0 aliphatic heterocycles. The SMILES string of the molecule is Cc1cccc(-c2nc3c(o2)CC(N)CC3)c1. The van der Waals surface area contributed by atoms with Crippen molar-refractivity contribution >= 4 is 0 Å². The minimum absolute atomic E-state index is 0.223. The lowest BCUT2D eigenvalue weighted by Crippen LogP contribution is -2.27. The van der Waals surface area contributed by atoms with Crippen LogP contribution in [0.5, 0.6) is 0 Å². The van der Waals surface area contributed by atoms with Gasteiger partial charge >= 0.3 is 0 Å². The van der Waals surface area contributed by atoms with E-state index in [-0.39, 0.29) is 6.04 Å². The van der Waals surface area contributed by atoms with Crippen LogP contribution in [-0.2, 0) is 12.8 Å². The largest absolute Gasteiger partial charge is 0.441 e. The molecule has 1 heterocycles. The van der Waals surface area contributed by atoms with Crippen LogP contribution in [0.2, 0.25) is 0 Å². The van der Waals surface area contributed by atoms with Crippen molar-refractivity contribution in [3.05, 3.63) is 41.3 Å². The van der Waals surface area contributed by atoms with Gasteiger partial charge in [0.1, 0.15) is 5.76 Å². The van der Waals surface area contributed by atoms with E-state index >= 15 is 0 Å². The molecule has 0 saturated carbocycles. The number of nitrogens with two attached hydrogens (primary N) is 1. The molecule has 0 amide bonds. The Labute approximate surface area is 101 Å². The van der Waals surface area contributed by atoms with E-state index in [1.807, 2.05) is 12.1 Å². The van der Waals surface area contributed by atoms with Gasteiger partial charge in [0.2, 0.25) is 5.89 Å². The van der Waals surface area contributed by atoms with Gasteiger partial charge in [-0.05, 0) is 31.9 Å². The summed E-state index contributed by atoms with van der Waals surface area (Å²) in [5.74, 6) is 1.70. The molecular formula is C14H16N2O. The molecule has 0 spiro atoms. The van der Waals surface area contributed by atoms with Crippen LogP contribution in [0.1, 0.15) is 23.4 Å². The van der Waals surface area contributed by atoms with E-state index < -0.39 is 0 Å². The Morgan fingerprint density at radius 3 is 3.12 bits per heavy atom. The summed E-state index contributed by atoms with van der Waals surface area (Å²) in [6.45, 7) is 2.07. The summed E-state index contributed by atoms with van der Waals surface area (Å²) in [7, 11) is 0. The fraction of sp³-hybridized carbons (Fsp3) is 0.357.